The van der Waals surface area contributed by atoms with E-state index in [4.69, 9.17) is 5.73 Å². The van der Waals surface area contributed by atoms with Gasteiger partial charge in [0.2, 0.25) is 5.91 Å². The standard InChI is InChI=1S/C22H37N5O/c1-4-26(5-2)20(14-18-10-7-6-8-11-18)16-25-22(24-3)27-13-9-12-19(17-27)15-21(23)28/h6-8,10-11,19-20H,4-5,9,12-17H2,1-3H3,(H2,23,28)(H,24,25). The molecule has 28 heavy (non-hydrogen) atoms. The zero-order valence-electron chi connectivity index (χ0n) is 17.7. The van der Waals surface area contributed by atoms with Crippen LogP contribution in [0.2, 0.25) is 0 Å². The number of nitrogens with one attached hydrogen (secondary N) is 1. The largest absolute Gasteiger partial charge is 0.370 e. The van der Waals surface area contributed by atoms with Crippen LogP contribution in [0, 0.1) is 5.92 Å². The monoisotopic (exact) mass is 387 g/mol. The molecule has 2 rings (SSSR count). The predicted molar refractivity (Wildman–Crippen MR) is 116 cm³/mol. The number of benzene rings is 1. The summed E-state index contributed by atoms with van der Waals surface area (Å²) in [4.78, 5) is 20.6. The van der Waals surface area contributed by atoms with Gasteiger partial charge in [0.1, 0.15) is 0 Å². The first-order valence-corrected chi connectivity index (χ1v) is 10.6. The number of hydrogen-bond donors (Lipinski definition) is 2. The molecular weight excluding hydrogens is 350 g/mol. The van der Waals surface area contributed by atoms with Crippen LogP contribution in [0.5, 0.6) is 0 Å². The maximum atomic E-state index is 11.3. The molecular formula is C22H37N5O. The van der Waals surface area contributed by atoms with Crippen molar-refractivity contribution in [1.29, 1.82) is 0 Å². The van der Waals surface area contributed by atoms with Crippen LogP contribution in [-0.4, -0.2) is 67.5 Å². The number of hydrogen-bond acceptors (Lipinski definition) is 3. The highest BCUT2D eigenvalue weighted by Gasteiger charge is 2.24. The van der Waals surface area contributed by atoms with Gasteiger partial charge in [0.15, 0.2) is 5.96 Å². The van der Waals surface area contributed by atoms with E-state index in [9.17, 15) is 4.79 Å². The lowest BCUT2D eigenvalue weighted by Gasteiger charge is -2.36. The fourth-order valence-electron chi connectivity index (χ4n) is 4.21. The van der Waals surface area contributed by atoms with Crippen LogP contribution < -0.4 is 11.1 Å². The molecule has 1 amide bonds. The Kier molecular flexibility index (Phi) is 9.28. The van der Waals surface area contributed by atoms with E-state index in [0.29, 0.717) is 18.4 Å². The van der Waals surface area contributed by atoms with Gasteiger partial charge in [0.25, 0.3) is 0 Å². The minimum absolute atomic E-state index is 0.209. The summed E-state index contributed by atoms with van der Waals surface area (Å²) in [5.41, 5.74) is 6.76. The van der Waals surface area contributed by atoms with Gasteiger partial charge < -0.3 is 16.0 Å². The first-order valence-electron chi connectivity index (χ1n) is 10.6. The fraction of sp³-hybridized carbons (Fsp3) is 0.636. The maximum absolute atomic E-state index is 11.3. The molecule has 6 heteroatoms. The van der Waals surface area contributed by atoms with E-state index in [-0.39, 0.29) is 5.91 Å². The van der Waals surface area contributed by atoms with E-state index in [0.717, 1.165) is 57.9 Å². The molecule has 1 aromatic carbocycles. The number of carbonyl (C=O) groups excluding carboxylic acids is 1. The molecule has 0 saturated carbocycles. The number of rotatable bonds is 9. The van der Waals surface area contributed by atoms with Crippen LogP contribution in [0.15, 0.2) is 35.3 Å². The zero-order valence-corrected chi connectivity index (χ0v) is 17.7. The average molecular weight is 388 g/mol. The first kappa shape index (κ1) is 22.2. The second-order valence-corrected chi connectivity index (χ2v) is 7.62. The smallest absolute Gasteiger partial charge is 0.217 e. The highest BCUT2D eigenvalue weighted by Crippen LogP contribution is 2.19. The molecule has 1 aliphatic rings. The summed E-state index contributed by atoms with van der Waals surface area (Å²) in [6.45, 7) is 9.16. The van der Waals surface area contributed by atoms with Crippen molar-refractivity contribution in [3.63, 3.8) is 0 Å². The minimum atomic E-state index is -0.209. The van der Waals surface area contributed by atoms with Gasteiger partial charge in [0.05, 0.1) is 0 Å². The summed E-state index contributed by atoms with van der Waals surface area (Å²) >= 11 is 0. The first-order chi connectivity index (χ1) is 13.6. The molecule has 0 bridgehead atoms. The Morgan fingerprint density at radius 3 is 2.64 bits per heavy atom. The Morgan fingerprint density at radius 2 is 2.04 bits per heavy atom. The minimum Gasteiger partial charge on any atom is -0.370 e. The Balaban J connectivity index is 1.99. The lowest BCUT2D eigenvalue weighted by Crippen LogP contribution is -2.51. The second kappa shape index (κ2) is 11.7. The molecule has 3 N–H and O–H groups in total. The van der Waals surface area contributed by atoms with Gasteiger partial charge in [-0.1, -0.05) is 44.2 Å². The van der Waals surface area contributed by atoms with E-state index in [1.165, 1.54) is 5.56 Å². The highest BCUT2D eigenvalue weighted by molar-refractivity contribution is 5.80. The molecule has 2 unspecified atom stereocenters. The molecule has 1 fully saturated rings. The zero-order chi connectivity index (χ0) is 20.4. The molecule has 0 radical (unpaired) electrons. The Labute approximate surface area is 170 Å². The molecule has 0 aliphatic carbocycles. The van der Waals surface area contributed by atoms with Crippen LogP contribution in [0.1, 0.15) is 38.7 Å². The van der Waals surface area contributed by atoms with Crippen LogP contribution in [0.4, 0.5) is 0 Å². The number of aliphatic imine (C=N–C) groups is 1. The number of likely N-dealkylation sites (tertiary alicyclic amines) is 1. The number of guanidine groups is 1. The van der Waals surface area contributed by atoms with Crippen molar-refractivity contribution >= 4 is 11.9 Å². The van der Waals surface area contributed by atoms with Crippen LogP contribution >= 0.6 is 0 Å². The third-order valence-corrected chi connectivity index (χ3v) is 5.66. The quantitative estimate of drug-likeness (QED) is 0.503. The molecule has 0 aromatic heterocycles. The molecule has 1 aromatic rings. The van der Waals surface area contributed by atoms with Crippen LogP contribution in [0.25, 0.3) is 0 Å². The number of likely N-dealkylation sites (N-methyl/N-ethyl adjacent to an activating group) is 1. The van der Waals surface area contributed by atoms with Crippen molar-refractivity contribution in [2.45, 2.75) is 45.6 Å². The van der Waals surface area contributed by atoms with Crippen molar-refractivity contribution in [1.82, 2.24) is 15.1 Å². The summed E-state index contributed by atoms with van der Waals surface area (Å²) in [6, 6.07) is 11.1. The van der Waals surface area contributed by atoms with E-state index in [1.54, 1.807) is 0 Å². The van der Waals surface area contributed by atoms with Crippen molar-refractivity contribution in [2.24, 2.45) is 16.6 Å². The summed E-state index contributed by atoms with van der Waals surface area (Å²) in [5.74, 6) is 1.05. The van der Waals surface area contributed by atoms with Crippen LogP contribution in [0.3, 0.4) is 0 Å². The molecule has 0 spiro atoms. The summed E-state index contributed by atoms with van der Waals surface area (Å²) in [5, 5.41) is 3.60. The lowest BCUT2D eigenvalue weighted by atomic mass is 9.95. The summed E-state index contributed by atoms with van der Waals surface area (Å²) in [6.07, 6.45) is 3.61. The lowest BCUT2D eigenvalue weighted by molar-refractivity contribution is -0.119. The van der Waals surface area contributed by atoms with Gasteiger partial charge in [-0.15, -0.1) is 0 Å². The molecule has 1 heterocycles. The average Bonchev–Trinajstić information content (AvgIpc) is 2.69. The van der Waals surface area contributed by atoms with Gasteiger partial charge in [0, 0.05) is 39.1 Å². The van der Waals surface area contributed by atoms with Crippen molar-refractivity contribution < 1.29 is 4.79 Å². The topological polar surface area (TPSA) is 74.0 Å². The van der Waals surface area contributed by atoms with Gasteiger partial charge in [-0.2, -0.15) is 0 Å². The number of nitrogens with zero attached hydrogens (tertiary/aromatic N) is 3. The van der Waals surface area contributed by atoms with Crippen molar-refractivity contribution in [3.8, 4) is 0 Å². The van der Waals surface area contributed by atoms with Crippen molar-refractivity contribution in [2.75, 3.05) is 39.8 Å². The fourth-order valence-corrected chi connectivity index (χ4v) is 4.21. The number of nitrogens with two attached hydrogens (primary N) is 1. The van der Waals surface area contributed by atoms with E-state index >= 15 is 0 Å². The Morgan fingerprint density at radius 1 is 1.32 bits per heavy atom. The van der Waals surface area contributed by atoms with E-state index in [1.807, 2.05) is 7.05 Å². The van der Waals surface area contributed by atoms with Gasteiger partial charge in [-0.3, -0.25) is 14.7 Å². The molecule has 2 atom stereocenters. The number of carbonyl (C=O) groups is 1. The molecule has 1 saturated heterocycles. The second-order valence-electron chi connectivity index (χ2n) is 7.62. The SMILES string of the molecule is CCN(CC)C(CNC(=NC)N1CCCC(CC(N)=O)C1)Cc1ccccc1. The van der Waals surface area contributed by atoms with Gasteiger partial charge in [-0.25, -0.2) is 0 Å². The number of amides is 1. The van der Waals surface area contributed by atoms with Crippen molar-refractivity contribution in [3.05, 3.63) is 35.9 Å². The number of primary amides is 1. The summed E-state index contributed by atoms with van der Waals surface area (Å²) in [7, 11) is 1.84. The van der Waals surface area contributed by atoms with E-state index in [2.05, 4.69) is 64.3 Å². The van der Waals surface area contributed by atoms with Gasteiger partial charge >= 0.3 is 0 Å². The maximum Gasteiger partial charge on any atom is 0.217 e. The molecule has 156 valence electrons. The summed E-state index contributed by atoms with van der Waals surface area (Å²) < 4.78 is 0. The Hall–Kier alpha value is -2.08. The number of piperidine rings is 1. The van der Waals surface area contributed by atoms with Crippen LogP contribution in [-0.2, 0) is 11.2 Å². The molecule has 1 aliphatic heterocycles. The predicted octanol–water partition coefficient (Wildman–Crippen LogP) is 2.10. The third kappa shape index (κ3) is 6.82. The molecule has 6 nitrogen and oxygen atoms in total. The third-order valence-electron chi connectivity index (χ3n) is 5.66. The van der Waals surface area contributed by atoms with E-state index < -0.39 is 0 Å². The highest BCUT2D eigenvalue weighted by atomic mass is 16.1. The normalized spacial score (nSPS) is 18.9. The Bertz CT molecular complexity index is 615. The van der Waals surface area contributed by atoms with Gasteiger partial charge in [-0.05, 0) is 43.8 Å².